The minimum Gasteiger partial charge on any atom is -0.339 e. The van der Waals surface area contributed by atoms with E-state index in [1.807, 2.05) is 42.5 Å². The van der Waals surface area contributed by atoms with Gasteiger partial charge >= 0.3 is 6.03 Å². The van der Waals surface area contributed by atoms with Gasteiger partial charge in [0.15, 0.2) is 0 Å². The van der Waals surface area contributed by atoms with Gasteiger partial charge in [-0.15, -0.1) is 0 Å². The number of aromatic nitrogens is 2. The van der Waals surface area contributed by atoms with Gasteiger partial charge in [0.25, 0.3) is 0 Å². The predicted molar refractivity (Wildman–Crippen MR) is 108 cm³/mol. The quantitative estimate of drug-likeness (QED) is 0.774. The minimum atomic E-state index is -0.117. The Hall–Kier alpha value is -2.86. The summed E-state index contributed by atoms with van der Waals surface area (Å²) >= 11 is 0. The molecule has 6 heteroatoms. The van der Waals surface area contributed by atoms with Gasteiger partial charge in [-0.25, -0.2) is 14.3 Å². The van der Waals surface area contributed by atoms with Gasteiger partial charge in [-0.05, 0) is 31.2 Å². The summed E-state index contributed by atoms with van der Waals surface area (Å²) in [5.41, 5.74) is 2.92. The van der Waals surface area contributed by atoms with Gasteiger partial charge in [-0.2, -0.15) is 0 Å². The summed E-state index contributed by atoms with van der Waals surface area (Å²) in [6.45, 7) is 4.28. The number of benzene rings is 2. The highest BCUT2D eigenvalue weighted by Gasteiger charge is 2.23. The zero-order chi connectivity index (χ0) is 18.6. The number of fused-ring (bicyclic) bond motifs is 1. The molecule has 0 spiro atoms. The summed E-state index contributed by atoms with van der Waals surface area (Å²) in [6, 6.07) is 17.9. The Morgan fingerprint density at radius 1 is 1.00 bits per heavy atom. The van der Waals surface area contributed by atoms with Gasteiger partial charge in [0.2, 0.25) is 5.95 Å². The molecule has 1 amide bonds. The maximum absolute atomic E-state index is 13.0. The van der Waals surface area contributed by atoms with Crippen molar-refractivity contribution in [2.24, 2.45) is 0 Å². The Labute approximate surface area is 159 Å². The Bertz CT molecular complexity index is 913. The number of nitrogens with zero attached hydrogens (tertiary/aromatic N) is 4. The number of hydrogen-bond acceptors (Lipinski definition) is 4. The molecule has 2 aromatic carbocycles. The van der Waals surface area contributed by atoms with Crippen LogP contribution in [0.3, 0.4) is 0 Å². The monoisotopic (exact) mass is 363 g/mol. The van der Waals surface area contributed by atoms with Crippen molar-refractivity contribution in [2.75, 3.05) is 44.7 Å². The number of likely N-dealkylation sites (N-methyl/N-ethyl adjacent to an activating group) is 1. The second kappa shape index (κ2) is 7.80. The van der Waals surface area contributed by atoms with Crippen LogP contribution < -0.4 is 10.2 Å². The van der Waals surface area contributed by atoms with Crippen LogP contribution in [-0.4, -0.2) is 60.3 Å². The molecule has 0 saturated carbocycles. The SMILES string of the molecule is CN1CCN(c2nc3ccccc3n2C(=O)NCCc2ccccc2)CC1. The summed E-state index contributed by atoms with van der Waals surface area (Å²) in [4.78, 5) is 22.3. The Kier molecular flexibility index (Phi) is 5.07. The molecule has 0 atom stereocenters. The zero-order valence-corrected chi connectivity index (χ0v) is 15.6. The number of amides is 1. The second-order valence-electron chi connectivity index (χ2n) is 6.99. The van der Waals surface area contributed by atoms with E-state index in [9.17, 15) is 4.79 Å². The third-order valence-corrected chi connectivity index (χ3v) is 5.07. The first kappa shape index (κ1) is 17.5. The number of piperazine rings is 1. The molecule has 27 heavy (non-hydrogen) atoms. The third kappa shape index (κ3) is 3.80. The van der Waals surface area contributed by atoms with E-state index in [2.05, 4.69) is 34.3 Å². The van der Waals surface area contributed by atoms with Gasteiger partial charge in [-0.3, -0.25) is 0 Å². The van der Waals surface area contributed by atoms with Crippen LogP contribution in [0.5, 0.6) is 0 Å². The highest BCUT2D eigenvalue weighted by Crippen LogP contribution is 2.23. The van der Waals surface area contributed by atoms with E-state index in [4.69, 9.17) is 4.98 Å². The zero-order valence-electron chi connectivity index (χ0n) is 15.6. The molecular formula is C21H25N5O. The lowest BCUT2D eigenvalue weighted by Gasteiger charge is -2.33. The van der Waals surface area contributed by atoms with Crippen LogP contribution in [0.4, 0.5) is 10.7 Å². The number of para-hydroxylation sites is 2. The number of carbonyl (C=O) groups is 1. The van der Waals surface area contributed by atoms with E-state index in [0.717, 1.165) is 49.6 Å². The van der Waals surface area contributed by atoms with E-state index in [0.29, 0.717) is 6.54 Å². The van der Waals surface area contributed by atoms with Crippen LogP contribution >= 0.6 is 0 Å². The summed E-state index contributed by atoms with van der Waals surface area (Å²) in [6.07, 6.45) is 0.809. The fourth-order valence-electron chi connectivity index (χ4n) is 3.47. The van der Waals surface area contributed by atoms with Crippen molar-refractivity contribution in [3.05, 3.63) is 60.2 Å². The lowest BCUT2D eigenvalue weighted by Crippen LogP contribution is -2.46. The molecule has 1 N–H and O–H groups in total. The number of anilines is 1. The largest absolute Gasteiger partial charge is 0.339 e. The molecule has 4 rings (SSSR count). The van der Waals surface area contributed by atoms with Crippen LogP contribution in [0.1, 0.15) is 5.56 Å². The fraction of sp³-hybridized carbons (Fsp3) is 0.333. The van der Waals surface area contributed by atoms with E-state index in [1.54, 1.807) is 4.57 Å². The van der Waals surface area contributed by atoms with Crippen LogP contribution in [0.2, 0.25) is 0 Å². The van der Waals surface area contributed by atoms with Crippen LogP contribution in [0, 0.1) is 0 Å². The molecule has 2 heterocycles. The molecule has 1 aliphatic rings. The summed E-state index contributed by atoms with van der Waals surface area (Å²) in [5.74, 6) is 0.738. The molecule has 140 valence electrons. The lowest BCUT2D eigenvalue weighted by molar-refractivity contribution is 0.243. The molecule has 0 radical (unpaired) electrons. The Balaban J connectivity index is 1.55. The van der Waals surface area contributed by atoms with Crippen LogP contribution in [0.25, 0.3) is 11.0 Å². The van der Waals surface area contributed by atoms with Crippen molar-refractivity contribution < 1.29 is 4.79 Å². The van der Waals surface area contributed by atoms with Crippen molar-refractivity contribution >= 4 is 23.0 Å². The Morgan fingerprint density at radius 3 is 2.48 bits per heavy atom. The number of hydrogen-bond donors (Lipinski definition) is 1. The average Bonchev–Trinajstić information content (AvgIpc) is 3.09. The highest BCUT2D eigenvalue weighted by molar-refractivity contribution is 5.93. The summed E-state index contributed by atoms with van der Waals surface area (Å²) < 4.78 is 1.73. The average molecular weight is 363 g/mol. The first-order valence-corrected chi connectivity index (χ1v) is 9.45. The smallest absolute Gasteiger partial charge is 0.328 e. The molecule has 3 aromatic rings. The third-order valence-electron chi connectivity index (χ3n) is 5.07. The molecular weight excluding hydrogens is 338 g/mol. The summed E-state index contributed by atoms with van der Waals surface area (Å²) in [7, 11) is 2.12. The standard InChI is InChI=1S/C21H25N5O/c1-24-13-15-25(16-14-24)20-23-18-9-5-6-10-19(18)26(20)21(27)22-12-11-17-7-3-2-4-8-17/h2-10H,11-16H2,1H3,(H,22,27). The van der Waals surface area contributed by atoms with Crippen LogP contribution in [0.15, 0.2) is 54.6 Å². The summed E-state index contributed by atoms with van der Waals surface area (Å²) in [5, 5.41) is 3.06. The molecule has 0 bridgehead atoms. The maximum atomic E-state index is 13.0. The first-order valence-electron chi connectivity index (χ1n) is 9.45. The second-order valence-corrected chi connectivity index (χ2v) is 6.99. The van der Waals surface area contributed by atoms with Crippen molar-refractivity contribution in [2.45, 2.75) is 6.42 Å². The minimum absolute atomic E-state index is 0.117. The van der Waals surface area contributed by atoms with Gasteiger partial charge < -0.3 is 15.1 Å². The number of rotatable bonds is 4. The highest BCUT2D eigenvalue weighted by atomic mass is 16.2. The molecule has 0 unspecified atom stereocenters. The van der Waals surface area contributed by atoms with E-state index in [-0.39, 0.29) is 6.03 Å². The number of nitrogens with one attached hydrogen (secondary N) is 1. The molecule has 6 nitrogen and oxygen atoms in total. The van der Waals surface area contributed by atoms with E-state index < -0.39 is 0 Å². The topological polar surface area (TPSA) is 53.4 Å². The van der Waals surface area contributed by atoms with Gasteiger partial charge in [0.05, 0.1) is 11.0 Å². The lowest BCUT2D eigenvalue weighted by atomic mass is 10.1. The number of carbonyl (C=O) groups excluding carboxylic acids is 1. The van der Waals surface area contributed by atoms with Gasteiger partial charge in [-0.1, -0.05) is 42.5 Å². The molecule has 1 saturated heterocycles. The van der Waals surface area contributed by atoms with E-state index >= 15 is 0 Å². The predicted octanol–water partition coefficient (Wildman–Crippen LogP) is 2.59. The van der Waals surface area contributed by atoms with Gasteiger partial charge in [0.1, 0.15) is 0 Å². The molecule has 1 fully saturated rings. The normalized spacial score (nSPS) is 15.2. The van der Waals surface area contributed by atoms with Crippen molar-refractivity contribution in [3.63, 3.8) is 0 Å². The van der Waals surface area contributed by atoms with Crippen LogP contribution in [-0.2, 0) is 6.42 Å². The molecule has 1 aliphatic heterocycles. The molecule has 1 aromatic heterocycles. The van der Waals surface area contributed by atoms with Crippen molar-refractivity contribution in [3.8, 4) is 0 Å². The van der Waals surface area contributed by atoms with E-state index in [1.165, 1.54) is 5.56 Å². The van der Waals surface area contributed by atoms with Gasteiger partial charge in [0, 0.05) is 32.7 Å². The van der Waals surface area contributed by atoms with Crippen molar-refractivity contribution in [1.29, 1.82) is 0 Å². The Morgan fingerprint density at radius 2 is 1.70 bits per heavy atom. The maximum Gasteiger partial charge on any atom is 0.328 e. The number of imidazole rings is 1. The first-order chi connectivity index (χ1) is 13.2. The molecule has 0 aliphatic carbocycles. The fourth-order valence-corrected chi connectivity index (χ4v) is 3.47. The van der Waals surface area contributed by atoms with Crippen molar-refractivity contribution in [1.82, 2.24) is 19.8 Å².